The van der Waals surface area contributed by atoms with Crippen LogP contribution in [0.4, 0.5) is 5.69 Å². The van der Waals surface area contributed by atoms with Crippen LogP contribution in [0.2, 0.25) is 5.02 Å². The van der Waals surface area contributed by atoms with Gasteiger partial charge in [-0.3, -0.25) is 0 Å². The summed E-state index contributed by atoms with van der Waals surface area (Å²) in [6, 6.07) is 6.27. The molecule has 1 N–H and O–H groups in total. The molecule has 0 aliphatic heterocycles. The zero-order valence-electron chi connectivity index (χ0n) is 14.9. The number of anilines is 1. The van der Waals surface area contributed by atoms with Crippen LogP contribution in [-0.2, 0) is 0 Å². The average Bonchev–Trinajstić information content (AvgIpc) is 2.82. The van der Waals surface area contributed by atoms with Crippen molar-refractivity contribution in [1.82, 2.24) is 5.32 Å². The molecule has 4 heteroatoms. The van der Waals surface area contributed by atoms with Crippen molar-refractivity contribution in [2.24, 2.45) is 0 Å². The van der Waals surface area contributed by atoms with E-state index >= 15 is 0 Å². The summed E-state index contributed by atoms with van der Waals surface area (Å²) in [6.45, 7) is 8.19. The maximum absolute atomic E-state index is 6.50. The predicted molar refractivity (Wildman–Crippen MR) is 113 cm³/mol. The molecule has 0 atom stereocenters. The molecule has 25 heavy (non-hydrogen) atoms. The minimum atomic E-state index is 0.753. The summed E-state index contributed by atoms with van der Waals surface area (Å²) in [6.07, 6.45) is 13.0. The first-order valence-corrected chi connectivity index (χ1v) is 9.55. The summed E-state index contributed by atoms with van der Waals surface area (Å²) in [5.41, 5.74) is 3.39. The number of hydrogen-bond acceptors (Lipinski definition) is 2. The molecule has 0 radical (unpaired) electrons. The van der Waals surface area contributed by atoms with E-state index in [0.717, 1.165) is 53.9 Å². The highest BCUT2D eigenvalue weighted by molar-refractivity contribution is 6.32. The number of rotatable bonds is 8. The van der Waals surface area contributed by atoms with E-state index < -0.39 is 0 Å². The number of halogens is 2. The lowest BCUT2D eigenvalue weighted by molar-refractivity contribution is 0.688. The van der Waals surface area contributed by atoms with Crippen molar-refractivity contribution in [2.75, 3.05) is 31.1 Å². The number of benzene rings is 1. The van der Waals surface area contributed by atoms with E-state index in [4.69, 9.17) is 23.2 Å². The van der Waals surface area contributed by atoms with Gasteiger partial charge in [0.05, 0.1) is 0 Å². The Hall–Kier alpha value is -1.48. The molecule has 0 spiro atoms. The molecule has 0 saturated carbocycles. The largest absolute Gasteiger partial charge is 0.370 e. The van der Waals surface area contributed by atoms with Gasteiger partial charge in [0.15, 0.2) is 0 Å². The van der Waals surface area contributed by atoms with Crippen LogP contribution in [-0.4, -0.2) is 26.2 Å². The fraction of sp³-hybridized carbons (Fsp3) is 0.333. The van der Waals surface area contributed by atoms with Crippen LogP contribution < -0.4 is 10.2 Å². The number of allylic oxidation sites excluding steroid dienone is 7. The van der Waals surface area contributed by atoms with Crippen LogP contribution >= 0.6 is 23.2 Å². The van der Waals surface area contributed by atoms with Crippen molar-refractivity contribution in [1.29, 1.82) is 0 Å². The lowest BCUT2D eigenvalue weighted by Crippen LogP contribution is -2.31. The average molecular weight is 377 g/mol. The molecule has 0 unspecified atom stereocenters. The van der Waals surface area contributed by atoms with Crippen molar-refractivity contribution < 1.29 is 0 Å². The van der Waals surface area contributed by atoms with E-state index in [-0.39, 0.29) is 0 Å². The van der Waals surface area contributed by atoms with Gasteiger partial charge in [-0.05, 0) is 55.3 Å². The summed E-state index contributed by atoms with van der Waals surface area (Å²) in [5.74, 6) is 0. The molecule has 1 aliphatic rings. The zero-order chi connectivity index (χ0) is 18.1. The van der Waals surface area contributed by atoms with Crippen LogP contribution in [0.1, 0.15) is 25.8 Å². The van der Waals surface area contributed by atoms with E-state index in [0.29, 0.717) is 0 Å². The highest BCUT2D eigenvalue weighted by atomic mass is 35.5. The van der Waals surface area contributed by atoms with Gasteiger partial charge < -0.3 is 10.2 Å². The van der Waals surface area contributed by atoms with Crippen LogP contribution in [0.15, 0.2) is 59.2 Å². The van der Waals surface area contributed by atoms with Gasteiger partial charge in [-0.15, -0.1) is 0 Å². The van der Waals surface area contributed by atoms with Gasteiger partial charge in [0, 0.05) is 35.4 Å². The smallest absolute Gasteiger partial charge is 0.0498 e. The van der Waals surface area contributed by atoms with Crippen molar-refractivity contribution in [2.45, 2.75) is 20.3 Å². The zero-order valence-corrected chi connectivity index (χ0v) is 16.4. The molecule has 1 aromatic rings. The molecule has 0 fully saturated rings. The van der Waals surface area contributed by atoms with Gasteiger partial charge in [0.25, 0.3) is 0 Å². The highest BCUT2D eigenvalue weighted by Gasteiger charge is 2.06. The third kappa shape index (κ3) is 6.39. The predicted octanol–water partition coefficient (Wildman–Crippen LogP) is 5.80. The Labute approximate surface area is 161 Å². The second-order valence-corrected chi connectivity index (χ2v) is 6.72. The van der Waals surface area contributed by atoms with Gasteiger partial charge in [-0.2, -0.15) is 0 Å². The topological polar surface area (TPSA) is 15.3 Å². The quantitative estimate of drug-likeness (QED) is 0.576. The monoisotopic (exact) mass is 376 g/mol. The van der Waals surface area contributed by atoms with Crippen LogP contribution in [0.25, 0.3) is 6.08 Å². The Kier molecular flexibility index (Phi) is 8.33. The molecule has 0 amide bonds. The molecule has 2 rings (SSSR count). The number of nitrogens with zero attached hydrogens (tertiary/aromatic N) is 1. The fourth-order valence-corrected chi connectivity index (χ4v) is 3.04. The molecule has 0 saturated heterocycles. The van der Waals surface area contributed by atoms with Crippen molar-refractivity contribution in [3.8, 4) is 0 Å². The second-order valence-electron chi connectivity index (χ2n) is 5.87. The summed E-state index contributed by atoms with van der Waals surface area (Å²) in [5, 5.41) is 4.89. The molecule has 1 aromatic carbocycles. The van der Waals surface area contributed by atoms with Crippen LogP contribution in [0, 0.1) is 0 Å². The Bertz CT molecular complexity index is 687. The molecule has 0 aromatic heterocycles. The Morgan fingerprint density at radius 2 is 2.00 bits per heavy atom. The Morgan fingerprint density at radius 3 is 2.72 bits per heavy atom. The molecule has 2 nitrogen and oxygen atoms in total. The molecule has 134 valence electrons. The first-order valence-electron chi connectivity index (χ1n) is 8.80. The van der Waals surface area contributed by atoms with Gasteiger partial charge in [0.2, 0.25) is 0 Å². The van der Waals surface area contributed by atoms with Crippen molar-refractivity contribution in [3.63, 3.8) is 0 Å². The highest BCUT2D eigenvalue weighted by Crippen LogP contribution is 2.25. The number of nitrogens with one attached hydrogen (secondary N) is 1. The number of hydrogen-bond donors (Lipinski definition) is 1. The van der Waals surface area contributed by atoms with Crippen LogP contribution in [0.3, 0.4) is 0 Å². The first kappa shape index (κ1) is 19.8. The Morgan fingerprint density at radius 1 is 1.16 bits per heavy atom. The SMILES string of the molecule is CCNCCN(CC)c1ccc(/C=C/C2=CC=C(Cl)C=CC2)c(Cl)c1. The Balaban J connectivity index is 2.08. The molecular formula is C21H26Cl2N2. The molecular weight excluding hydrogens is 351 g/mol. The molecule has 1 aliphatic carbocycles. The summed E-state index contributed by atoms with van der Waals surface area (Å²) < 4.78 is 0. The summed E-state index contributed by atoms with van der Waals surface area (Å²) in [7, 11) is 0. The summed E-state index contributed by atoms with van der Waals surface area (Å²) >= 11 is 12.5. The normalized spacial score (nSPS) is 14.4. The van der Waals surface area contributed by atoms with Gasteiger partial charge >= 0.3 is 0 Å². The minimum Gasteiger partial charge on any atom is -0.370 e. The molecule has 0 heterocycles. The maximum atomic E-state index is 6.50. The van der Waals surface area contributed by atoms with Crippen molar-refractivity contribution in [3.05, 3.63) is 69.8 Å². The summed E-state index contributed by atoms with van der Waals surface area (Å²) in [4.78, 5) is 2.33. The van der Waals surface area contributed by atoms with Gasteiger partial charge in [0.1, 0.15) is 0 Å². The van der Waals surface area contributed by atoms with Gasteiger partial charge in [-0.25, -0.2) is 0 Å². The third-order valence-electron chi connectivity index (χ3n) is 4.10. The van der Waals surface area contributed by atoms with E-state index in [1.54, 1.807) is 0 Å². The second kappa shape index (κ2) is 10.5. The lowest BCUT2D eigenvalue weighted by atomic mass is 10.1. The van der Waals surface area contributed by atoms with E-state index in [9.17, 15) is 0 Å². The maximum Gasteiger partial charge on any atom is 0.0498 e. The van der Waals surface area contributed by atoms with E-state index in [1.165, 1.54) is 5.57 Å². The van der Waals surface area contributed by atoms with E-state index in [1.807, 2.05) is 18.2 Å². The van der Waals surface area contributed by atoms with Crippen molar-refractivity contribution >= 4 is 35.0 Å². The fourth-order valence-electron chi connectivity index (χ4n) is 2.65. The van der Waals surface area contributed by atoms with Gasteiger partial charge in [-0.1, -0.05) is 60.5 Å². The lowest BCUT2D eigenvalue weighted by Gasteiger charge is -2.23. The number of likely N-dealkylation sites (N-methyl/N-ethyl adjacent to an activating group) is 2. The molecule has 0 bridgehead atoms. The first-order chi connectivity index (χ1) is 12.1. The minimum absolute atomic E-state index is 0.753. The van der Waals surface area contributed by atoms with Crippen LogP contribution in [0.5, 0.6) is 0 Å². The van der Waals surface area contributed by atoms with E-state index in [2.05, 4.69) is 60.5 Å². The third-order valence-corrected chi connectivity index (χ3v) is 4.68. The standard InChI is InChI=1S/C21H26Cl2N2/c1-3-24-14-15-25(4-2)20-13-11-18(21(23)16-20)10-8-17-6-5-7-19(22)12-9-17/h5,7-13,16,24H,3-4,6,14-15H2,1-2H3/b10-8+.